The van der Waals surface area contributed by atoms with Crippen LogP contribution in [0.5, 0.6) is 0 Å². The summed E-state index contributed by atoms with van der Waals surface area (Å²) in [7, 11) is 0. The fraction of sp³-hybridized carbons (Fsp3) is 0.333. The third-order valence-electron chi connectivity index (χ3n) is 6.28. The zero-order chi connectivity index (χ0) is 24.2. The Kier molecular flexibility index (Phi) is 6.56. The number of cyclic esters (lactones) is 1. The van der Waals surface area contributed by atoms with E-state index in [0.717, 1.165) is 0 Å². The van der Waals surface area contributed by atoms with E-state index in [2.05, 4.69) is 5.32 Å². The zero-order valence-corrected chi connectivity index (χ0v) is 20.5. The Hall–Kier alpha value is -3.08. The van der Waals surface area contributed by atoms with E-state index < -0.39 is 52.4 Å². The van der Waals surface area contributed by atoms with Crippen LogP contribution in [0.2, 0.25) is 0 Å². The molecule has 5 rings (SSSR count). The molecule has 3 N–H and O–H groups in total. The zero-order valence-electron chi connectivity index (χ0n) is 18.9. The van der Waals surface area contributed by atoms with Gasteiger partial charge in [-0.15, -0.1) is 24.2 Å². The van der Waals surface area contributed by atoms with Gasteiger partial charge in [0, 0.05) is 10.3 Å². The Morgan fingerprint density at radius 1 is 1.11 bits per heavy atom. The highest BCUT2D eigenvalue weighted by Gasteiger charge is 2.65. The van der Waals surface area contributed by atoms with E-state index in [-0.39, 0.29) is 18.3 Å². The molecule has 0 aliphatic carbocycles. The van der Waals surface area contributed by atoms with Gasteiger partial charge in [0.15, 0.2) is 0 Å². The van der Waals surface area contributed by atoms with Crippen molar-refractivity contribution >= 4 is 47.9 Å². The lowest BCUT2D eigenvalue weighted by Gasteiger charge is -2.44. The summed E-state index contributed by atoms with van der Waals surface area (Å²) < 4.78 is 10.1. The molecule has 9 nitrogen and oxygen atoms in total. The van der Waals surface area contributed by atoms with Gasteiger partial charge in [-0.05, 0) is 25.5 Å². The Balaban J connectivity index is 0.00000289. The molecule has 0 radical (unpaired) electrons. The smallest absolute Gasteiger partial charge is 0.342 e. The Labute approximate surface area is 212 Å². The quantitative estimate of drug-likeness (QED) is 0.455. The third-order valence-corrected chi connectivity index (χ3v) is 7.85. The number of thioether (sulfide) groups is 1. The summed E-state index contributed by atoms with van der Waals surface area (Å²) >= 11 is 1.40. The number of ether oxygens (including phenoxy) is 2. The number of carbonyl (C=O) groups excluding carboxylic acids is 4. The first-order valence-electron chi connectivity index (χ1n) is 10.8. The molecular weight excluding hydrogens is 494 g/mol. The van der Waals surface area contributed by atoms with E-state index in [0.29, 0.717) is 16.7 Å². The fourth-order valence-electron chi connectivity index (χ4n) is 4.55. The number of amides is 2. The predicted molar refractivity (Wildman–Crippen MR) is 129 cm³/mol. The summed E-state index contributed by atoms with van der Waals surface area (Å²) in [5, 5.41) is 2.29. The number of hydrogen-bond acceptors (Lipinski definition) is 8. The van der Waals surface area contributed by atoms with Crippen LogP contribution in [-0.2, 0) is 23.9 Å². The van der Waals surface area contributed by atoms with Crippen LogP contribution in [0.15, 0.2) is 54.6 Å². The number of hydrogen-bond donors (Lipinski definition) is 2. The number of nitrogens with one attached hydrogen (secondary N) is 1. The average Bonchev–Trinajstić information content (AvgIpc) is 3.28. The summed E-state index contributed by atoms with van der Waals surface area (Å²) in [5.41, 5.74) is 7.51. The number of halogens is 1. The van der Waals surface area contributed by atoms with E-state index >= 15 is 0 Å². The Morgan fingerprint density at radius 3 is 2.49 bits per heavy atom. The minimum absolute atomic E-state index is 0. The van der Waals surface area contributed by atoms with Gasteiger partial charge in [-0.2, -0.15) is 0 Å². The van der Waals surface area contributed by atoms with Gasteiger partial charge in [-0.25, -0.2) is 9.59 Å². The van der Waals surface area contributed by atoms with Gasteiger partial charge in [0.05, 0.1) is 5.56 Å². The fourth-order valence-corrected chi connectivity index (χ4v) is 6.17. The van der Waals surface area contributed by atoms with Crippen LogP contribution in [-0.4, -0.2) is 50.9 Å². The van der Waals surface area contributed by atoms with Crippen molar-refractivity contribution in [3.05, 3.63) is 71.3 Å². The molecule has 3 heterocycles. The second-order valence-electron chi connectivity index (χ2n) is 8.90. The number of fused-ring (bicyclic) bond motifs is 2. The van der Waals surface area contributed by atoms with E-state index in [1.165, 1.54) is 16.7 Å². The number of rotatable bonds is 5. The maximum atomic E-state index is 13.2. The molecule has 184 valence electrons. The molecule has 1 unspecified atom stereocenters. The predicted octanol–water partition coefficient (Wildman–Crippen LogP) is 2.07. The van der Waals surface area contributed by atoms with Crippen LogP contribution in [0, 0.1) is 0 Å². The van der Waals surface area contributed by atoms with Crippen molar-refractivity contribution in [2.75, 3.05) is 0 Å². The number of nitrogens with zero attached hydrogens (tertiary/aromatic N) is 1. The highest BCUT2D eigenvalue weighted by Crippen LogP contribution is 2.51. The lowest BCUT2D eigenvalue weighted by atomic mass is 9.95. The van der Waals surface area contributed by atoms with Gasteiger partial charge in [-0.3, -0.25) is 9.59 Å². The molecular formula is C24H24ClN3O6S. The largest absolute Gasteiger partial charge is 0.419 e. The van der Waals surface area contributed by atoms with Crippen LogP contribution in [0.3, 0.4) is 0 Å². The van der Waals surface area contributed by atoms with Gasteiger partial charge in [-0.1, -0.05) is 48.5 Å². The van der Waals surface area contributed by atoms with Crippen molar-refractivity contribution < 1.29 is 28.7 Å². The Morgan fingerprint density at radius 2 is 1.77 bits per heavy atom. The molecule has 2 fully saturated rings. The summed E-state index contributed by atoms with van der Waals surface area (Å²) in [6.07, 6.45) is -1.16. The maximum Gasteiger partial charge on any atom is 0.342 e. The van der Waals surface area contributed by atoms with Gasteiger partial charge < -0.3 is 25.4 Å². The highest BCUT2D eigenvalue weighted by molar-refractivity contribution is 8.01. The van der Waals surface area contributed by atoms with Crippen molar-refractivity contribution in [3.63, 3.8) is 0 Å². The van der Waals surface area contributed by atoms with Gasteiger partial charge in [0.2, 0.25) is 11.8 Å². The molecule has 2 aromatic carbocycles. The van der Waals surface area contributed by atoms with Crippen LogP contribution < -0.4 is 11.1 Å². The number of benzene rings is 2. The van der Waals surface area contributed by atoms with Gasteiger partial charge in [0.25, 0.3) is 6.29 Å². The SMILES string of the molecule is CC1(C)S[C@@H]2[C@H](NC(=O)[C@H](N)c3ccccc3)C(=O)N2[C@H]1C(=O)OC1OC(=O)c2ccccc21.Cl. The molecule has 0 spiro atoms. The number of β-lactam (4-membered cyclic amide) rings is 1. The van der Waals surface area contributed by atoms with Gasteiger partial charge in [0.1, 0.15) is 23.5 Å². The van der Waals surface area contributed by atoms with E-state index in [1.54, 1.807) is 48.5 Å². The van der Waals surface area contributed by atoms with Crippen molar-refractivity contribution in [2.24, 2.45) is 5.73 Å². The molecule has 5 atom stereocenters. The maximum absolute atomic E-state index is 13.2. The van der Waals surface area contributed by atoms with E-state index in [4.69, 9.17) is 15.2 Å². The van der Waals surface area contributed by atoms with E-state index in [1.807, 2.05) is 19.9 Å². The standard InChI is InChI=1S/C24H23N3O6S.ClH/c1-24(2)17(22(31)33-23-14-11-7-6-10-13(14)21(30)32-23)27-19(29)16(20(27)34-24)26-18(28)15(25)12-8-4-3-5-9-12;/h3-11,15-17,20,23H,25H2,1-2H3,(H,26,28);1H/t15-,16-,17+,20-,23?;/m1./s1. The minimum Gasteiger partial charge on any atom is -0.419 e. The van der Waals surface area contributed by atoms with Crippen molar-refractivity contribution in [1.82, 2.24) is 10.2 Å². The number of carbonyl (C=O) groups is 4. The van der Waals surface area contributed by atoms with Crippen LogP contribution in [0.4, 0.5) is 0 Å². The number of nitrogens with two attached hydrogens (primary N) is 1. The van der Waals surface area contributed by atoms with Crippen molar-refractivity contribution in [2.45, 2.75) is 48.4 Å². The third kappa shape index (κ3) is 4.15. The highest BCUT2D eigenvalue weighted by atomic mass is 35.5. The van der Waals surface area contributed by atoms with Crippen molar-refractivity contribution in [3.8, 4) is 0 Å². The average molecular weight is 518 g/mol. The normalized spacial score (nSPS) is 26.4. The lowest BCUT2D eigenvalue weighted by molar-refractivity contribution is -0.180. The first-order valence-corrected chi connectivity index (χ1v) is 11.7. The van der Waals surface area contributed by atoms with Crippen LogP contribution in [0.1, 0.15) is 47.7 Å². The molecule has 0 aromatic heterocycles. The molecule has 0 saturated carbocycles. The van der Waals surface area contributed by atoms with Gasteiger partial charge >= 0.3 is 11.9 Å². The monoisotopic (exact) mass is 517 g/mol. The summed E-state index contributed by atoms with van der Waals surface area (Å²) in [5.74, 6) is -2.09. The van der Waals surface area contributed by atoms with Crippen LogP contribution >= 0.6 is 24.2 Å². The minimum atomic E-state index is -1.16. The molecule has 3 aliphatic heterocycles. The summed E-state index contributed by atoms with van der Waals surface area (Å²) in [4.78, 5) is 52.3. The van der Waals surface area contributed by atoms with Crippen molar-refractivity contribution in [1.29, 1.82) is 0 Å². The van der Waals surface area contributed by atoms with Crippen LogP contribution in [0.25, 0.3) is 0 Å². The van der Waals surface area contributed by atoms with E-state index in [9.17, 15) is 19.2 Å². The molecule has 2 aromatic rings. The number of esters is 2. The lowest BCUT2D eigenvalue weighted by Crippen LogP contribution is -2.71. The molecule has 11 heteroatoms. The summed E-state index contributed by atoms with van der Waals surface area (Å²) in [6.45, 7) is 3.66. The first-order chi connectivity index (χ1) is 16.2. The second kappa shape index (κ2) is 9.18. The molecule has 35 heavy (non-hydrogen) atoms. The Bertz CT molecular complexity index is 1190. The molecule has 0 bridgehead atoms. The summed E-state index contributed by atoms with van der Waals surface area (Å²) in [6, 6.07) is 12.9. The second-order valence-corrected chi connectivity index (χ2v) is 10.7. The molecule has 2 amide bonds. The first kappa shape index (κ1) is 25.0. The molecule has 2 saturated heterocycles. The molecule has 3 aliphatic rings. The topological polar surface area (TPSA) is 128 Å².